The van der Waals surface area contributed by atoms with Crippen LogP contribution in [0.25, 0.3) is 10.9 Å². The Kier molecular flexibility index (Phi) is 4.22. The smallest absolute Gasteiger partial charge is 0.230 e. The maximum Gasteiger partial charge on any atom is 0.230 e. The van der Waals surface area contributed by atoms with Crippen molar-refractivity contribution in [3.05, 3.63) is 54.1 Å². The third-order valence-corrected chi connectivity index (χ3v) is 3.94. The molecular weight excluding hydrogens is 328 g/mol. The van der Waals surface area contributed by atoms with Crippen molar-refractivity contribution in [3.8, 4) is 0 Å². The molecule has 124 valence electrons. The maximum atomic E-state index is 12.2. The lowest BCUT2D eigenvalue weighted by Gasteiger charge is -2.05. The van der Waals surface area contributed by atoms with E-state index < -0.39 is 10.0 Å². The van der Waals surface area contributed by atoms with Gasteiger partial charge in [0.05, 0.1) is 18.2 Å². The Hall–Kier alpha value is -2.87. The number of hydrogen-bond donors (Lipinski definition) is 3. The summed E-state index contributed by atoms with van der Waals surface area (Å²) in [6, 6.07) is 14.3. The van der Waals surface area contributed by atoms with E-state index in [-0.39, 0.29) is 12.3 Å². The van der Waals surface area contributed by atoms with Gasteiger partial charge in [0.2, 0.25) is 15.9 Å². The van der Waals surface area contributed by atoms with E-state index in [1.807, 2.05) is 30.3 Å². The van der Waals surface area contributed by atoms with E-state index in [1.54, 1.807) is 18.2 Å². The molecule has 3 N–H and O–H groups in total. The van der Waals surface area contributed by atoms with Gasteiger partial charge in [-0.05, 0) is 23.8 Å². The number of rotatable bonds is 5. The fourth-order valence-electron chi connectivity index (χ4n) is 2.34. The van der Waals surface area contributed by atoms with E-state index in [0.29, 0.717) is 22.4 Å². The molecule has 0 spiro atoms. The lowest BCUT2D eigenvalue weighted by atomic mass is 10.1. The van der Waals surface area contributed by atoms with Gasteiger partial charge in [0, 0.05) is 11.1 Å². The van der Waals surface area contributed by atoms with Gasteiger partial charge < -0.3 is 5.32 Å². The number of sulfonamides is 1. The Morgan fingerprint density at radius 2 is 1.92 bits per heavy atom. The van der Waals surface area contributed by atoms with Gasteiger partial charge >= 0.3 is 0 Å². The number of benzene rings is 2. The van der Waals surface area contributed by atoms with Crippen LogP contribution in [0.4, 0.5) is 11.5 Å². The monoisotopic (exact) mass is 344 g/mol. The molecule has 0 radical (unpaired) electrons. The summed E-state index contributed by atoms with van der Waals surface area (Å²) in [7, 11) is -3.37. The molecule has 0 atom stereocenters. The number of aromatic amines is 1. The number of fused-ring (bicyclic) bond motifs is 1. The van der Waals surface area contributed by atoms with Crippen LogP contribution in [0, 0.1) is 0 Å². The Morgan fingerprint density at radius 1 is 1.17 bits per heavy atom. The van der Waals surface area contributed by atoms with Crippen LogP contribution in [0.1, 0.15) is 5.56 Å². The van der Waals surface area contributed by atoms with E-state index in [2.05, 4.69) is 20.2 Å². The van der Waals surface area contributed by atoms with Crippen LogP contribution >= 0.6 is 0 Å². The molecule has 2 aromatic carbocycles. The molecule has 3 rings (SSSR count). The molecule has 0 aliphatic heterocycles. The van der Waals surface area contributed by atoms with Crippen LogP contribution in [0.2, 0.25) is 0 Å². The van der Waals surface area contributed by atoms with Gasteiger partial charge in [-0.25, -0.2) is 8.42 Å². The van der Waals surface area contributed by atoms with E-state index in [9.17, 15) is 13.2 Å². The number of carbonyl (C=O) groups excluding carboxylic acids is 1. The fourth-order valence-corrected chi connectivity index (χ4v) is 2.90. The zero-order valence-electron chi connectivity index (χ0n) is 12.9. The molecule has 24 heavy (non-hydrogen) atoms. The number of H-pyrrole nitrogens is 1. The van der Waals surface area contributed by atoms with Crippen LogP contribution in [0.15, 0.2) is 48.5 Å². The van der Waals surface area contributed by atoms with Crippen LogP contribution in [0.5, 0.6) is 0 Å². The van der Waals surface area contributed by atoms with Crippen molar-refractivity contribution in [2.75, 3.05) is 16.3 Å². The SMILES string of the molecule is CS(=O)(=O)Nc1ccc2[nH]nc(NC(=O)Cc3ccccc3)c2c1. The number of anilines is 2. The molecule has 8 heteroatoms. The fraction of sp³-hybridized carbons (Fsp3) is 0.125. The maximum absolute atomic E-state index is 12.2. The molecule has 0 bridgehead atoms. The first kappa shape index (κ1) is 16.0. The Morgan fingerprint density at radius 3 is 2.62 bits per heavy atom. The highest BCUT2D eigenvalue weighted by Gasteiger charge is 2.11. The minimum Gasteiger partial charge on any atom is -0.308 e. The second-order valence-electron chi connectivity index (χ2n) is 5.42. The minimum atomic E-state index is -3.37. The first-order valence-electron chi connectivity index (χ1n) is 7.20. The second kappa shape index (κ2) is 6.32. The highest BCUT2D eigenvalue weighted by Crippen LogP contribution is 2.24. The average Bonchev–Trinajstić information content (AvgIpc) is 2.89. The first-order valence-corrected chi connectivity index (χ1v) is 9.09. The average molecular weight is 344 g/mol. The molecule has 0 saturated carbocycles. The largest absolute Gasteiger partial charge is 0.308 e. The van der Waals surface area contributed by atoms with Gasteiger partial charge in [0.25, 0.3) is 0 Å². The lowest BCUT2D eigenvalue weighted by Crippen LogP contribution is -2.14. The molecule has 3 aromatic rings. The summed E-state index contributed by atoms with van der Waals surface area (Å²) in [4.78, 5) is 12.2. The number of aromatic nitrogens is 2. The van der Waals surface area contributed by atoms with Crippen molar-refractivity contribution in [2.24, 2.45) is 0 Å². The summed E-state index contributed by atoms with van der Waals surface area (Å²) in [5.41, 5.74) is 2.00. The van der Waals surface area contributed by atoms with Crippen LogP contribution in [0.3, 0.4) is 0 Å². The second-order valence-corrected chi connectivity index (χ2v) is 7.17. The third-order valence-electron chi connectivity index (χ3n) is 3.33. The molecule has 0 unspecified atom stereocenters. The van der Waals surface area contributed by atoms with Gasteiger partial charge in [-0.2, -0.15) is 5.10 Å². The summed E-state index contributed by atoms with van der Waals surface area (Å²) in [5.74, 6) is 0.166. The van der Waals surface area contributed by atoms with E-state index in [0.717, 1.165) is 11.8 Å². The number of carbonyl (C=O) groups is 1. The molecule has 0 aliphatic carbocycles. The first-order chi connectivity index (χ1) is 11.4. The molecule has 0 fully saturated rings. The number of hydrogen-bond acceptors (Lipinski definition) is 4. The van der Waals surface area contributed by atoms with Crippen molar-refractivity contribution in [3.63, 3.8) is 0 Å². The quantitative estimate of drug-likeness (QED) is 0.659. The lowest BCUT2D eigenvalue weighted by molar-refractivity contribution is -0.115. The van der Waals surface area contributed by atoms with Gasteiger partial charge in [-0.1, -0.05) is 30.3 Å². The molecular formula is C16H16N4O3S. The van der Waals surface area contributed by atoms with Gasteiger partial charge in [-0.3, -0.25) is 14.6 Å². The van der Waals surface area contributed by atoms with Gasteiger partial charge in [0.15, 0.2) is 5.82 Å². The summed E-state index contributed by atoms with van der Waals surface area (Å²) in [6.45, 7) is 0. The normalized spacial score (nSPS) is 11.4. The highest BCUT2D eigenvalue weighted by molar-refractivity contribution is 7.92. The van der Waals surface area contributed by atoms with E-state index in [4.69, 9.17) is 0 Å². The Balaban J connectivity index is 1.81. The summed E-state index contributed by atoms with van der Waals surface area (Å²) in [6.07, 6.45) is 1.31. The molecule has 0 aliphatic rings. The number of nitrogens with zero attached hydrogens (tertiary/aromatic N) is 1. The molecule has 1 heterocycles. The van der Waals surface area contributed by atoms with Crippen LogP contribution in [-0.4, -0.2) is 30.8 Å². The van der Waals surface area contributed by atoms with Crippen molar-refractivity contribution < 1.29 is 13.2 Å². The van der Waals surface area contributed by atoms with Crippen molar-refractivity contribution in [2.45, 2.75) is 6.42 Å². The summed E-state index contributed by atoms with van der Waals surface area (Å²) < 4.78 is 25.1. The van der Waals surface area contributed by atoms with Crippen molar-refractivity contribution >= 4 is 38.3 Å². The third kappa shape index (κ3) is 3.90. The molecule has 1 aromatic heterocycles. The number of nitrogens with one attached hydrogen (secondary N) is 3. The van der Waals surface area contributed by atoms with Crippen LogP contribution in [-0.2, 0) is 21.2 Å². The summed E-state index contributed by atoms with van der Waals surface area (Å²) in [5, 5.41) is 10.3. The topological polar surface area (TPSA) is 104 Å². The Labute approximate surface area is 139 Å². The molecule has 7 nitrogen and oxygen atoms in total. The molecule has 0 saturated heterocycles. The zero-order chi connectivity index (χ0) is 17.2. The van der Waals surface area contributed by atoms with Gasteiger partial charge in [-0.15, -0.1) is 0 Å². The number of amides is 1. The van der Waals surface area contributed by atoms with Crippen molar-refractivity contribution in [1.82, 2.24) is 10.2 Å². The predicted octanol–water partition coefficient (Wildman–Crippen LogP) is 2.12. The van der Waals surface area contributed by atoms with E-state index in [1.165, 1.54) is 0 Å². The standard InChI is InChI=1S/C16H16N4O3S/c1-24(22,23)20-12-7-8-14-13(10-12)16(19-18-14)17-15(21)9-11-5-3-2-4-6-11/h2-8,10,20H,9H2,1H3,(H2,17,18,19,21). The Bertz CT molecular complexity index is 981. The highest BCUT2D eigenvalue weighted by atomic mass is 32.2. The predicted molar refractivity (Wildman–Crippen MR) is 93.3 cm³/mol. The zero-order valence-corrected chi connectivity index (χ0v) is 13.7. The molecule has 1 amide bonds. The van der Waals surface area contributed by atoms with E-state index >= 15 is 0 Å². The summed E-state index contributed by atoms with van der Waals surface area (Å²) >= 11 is 0. The minimum absolute atomic E-state index is 0.198. The van der Waals surface area contributed by atoms with Crippen molar-refractivity contribution in [1.29, 1.82) is 0 Å². The van der Waals surface area contributed by atoms with Crippen LogP contribution < -0.4 is 10.0 Å². The van der Waals surface area contributed by atoms with Gasteiger partial charge in [0.1, 0.15) is 0 Å².